The Labute approximate surface area is 67.2 Å². The minimum Gasteiger partial charge on any atom is -0.387 e. The van der Waals surface area contributed by atoms with Crippen LogP contribution in [0.5, 0.6) is 0 Å². The highest BCUT2D eigenvalue weighted by molar-refractivity contribution is 5.00. The van der Waals surface area contributed by atoms with Crippen LogP contribution in [-0.2, 0) is 0 Å². The number of hydrogen-bond donors (Lipinski definition) is 2. The topological polar surface area (TPSA) is 49.5 Å². The van der Waals surface area contributed by atoms with E-state index in [1.54, 1.807) is 0 Å². The van der Waals surface area contributed by atoms with Crippen LogP contribution in [0.1, 0.15) is 12.8 Å². The Bertz CT molecular complexity index is 162. The van der Waals surface area contributed by atoms with E-state index in [2.05, 4.69) is 4.90 Å². The van der Waals surface area contributed by atoms with Crippen molar-refractivity contribution < 1.29 is 5.11 Å². The van der Waals surface area contributed by atoms with Crippen molar-refractivity contribution in [3.63, 3.8) is 0 Å². The average Bonchev–Trinajstić information content (AvgIpc) is 2.25. The van der Waals surface area contributed by atoms with Gasteiger partial charge in [-0.2, -0.15) is 0 Å². The Balaban J connectivity index is 2.14. The summed E-state index contributed by atoms with van der Waals surface area (Å²) in [6, 6.07) is 0. The molecule has 0 amide bonds. The van der Waals surface area contributed by atoms with Gasteiger partial charge in [0.15, 0.2) is 0 Å². The molecular formula is C8H16N2O. The molecule has 3 heteroatoms. The summed E-state index contributed by atoms with van der Waals surface area (Å²) < 4.78 is 0. The molecule has 2 saturated heterocycles. The van der Waals surface area contributed by atoms with Gasteiger partial charge in [-0.05, 0) is 19.4 Å². The van der Waals surface area contributed by atoms with Gasteiger partial charge in [0.25, 0.3) is 0 Å². The summed E-state index contributed by atoms with van der Waals surface area (Å²) in [6.07, 6.45) is 2.39. The second-order valence-electron chi connectivity index (χ2n) is 3.88. The van der Waals surface area contributed by atoms with Crippen molar-refractivity contribution in [3.8, 4) is 0 Å². The second kappa shape index (κ2) is 2.44. The van der Waals surface area contributed by atoms with Crippen LogP contribution >= 0.6 is 0 Å². The molecule has 2 fully saturated rings. The Morgan fingerprint density at radius 2 is 2.45 bits per heavy atom. The van der Waals surface area contributed by atoms with Crippen LogP contribution in [0.25, 0.3) is 0 Å². The molecule has 0 aliphatic carbocycles. The third-order valence-corrected chi connectivity index (χ3v) is 3.12. The molecule has 3 unspecified atom stereocenters. The first kappa shape index (κ1) is 7.53. The highest BCUT2D eigenvalue weighted by Crippen LogP contribution is 2.34. The van der Waals surface area contributed by atoms with Crippen LogP contribution < -0.4 is 5.73 Å². The molecule has 3 atom stereocenters. The van der Waals surface area contributed by atoms with E-state index in [1.807, 2.05) is 0 Å². The number of aliphatic hydroxyl groups is 1. The fraction of sp³-hybridized carbons (Fsp3) is 1.00. The van der Waals surface area contributed by atoms with E-state index in [-0.39, 0.29) is 0 Å². The molecule has 0 aromatic rings. The lowest BCUT2D eigenvalue weighted by Gasteiger charge is -2.26. The SMILES string of the molecule is NCC1(O)CN2CCCC1C2. The van der Waals surface area contributed by atoms with Gasteiger partial charge in [-0.25, -0.2) is 0 Å². The van der Waals surface area contributed by atoms with E-state index in [0.717, 1.165) is 26.1 Å². The maximum atomic E-state index is 10.0. The molecule has 3 nitrogen and oxygen atoms in total. The zero-order chi connectivity index (χ0) is 7.90. The van der Waals surface area contributed by atoms with Gasteiger partial charge in [0.1, 0.15) is 0 Å². The van der Waals surface area contributed by atoms with Crippen LogP contribution in [0.3, 0.4) is 0 Å². The van der Waals surface area contributed by atoms with Crippen LogP contribution in [0.4, 0.5) is 0 Å². The maximum Gasteiger partial charge on any atom is 0.0935 e. The number of fused-ring (bicyclic) bond motifs is 2. The lowest BCUT2D eigenvalue weighted by molar-refractivity contribution is 0.0233. The summed E-state index contributed by atoms with van der Waals surface area (Å²) in [6.45, 7) is 3.44. The summed E-state index contributed by atoms with van der Waals surface area (Å²) in [4.78, 5) is 2.32. The number of rotatable bonds is 1. The molecule has 0 saturated carbocycles. The van der Waals surface area contributed by atoms with E-state index >= 15 is 0 Å². The first-order chi connectivity index (χ1) is 5.24. The third kappa shape index (κ3) is 1.08. The molecule has 2 bridgehead atoms. The molecule has 0 spiro atoms. The Morgan fingerprint density at radius 3 is 3.09 bits per heavy atom. The highest BCUT2D eigenvalue weighted by Gasteiger charge is 2.45. The first-order valence-electron chi connectivity index (χ1n) is 4.39. The summed E-state index contributed by atoms with van der Waals surface area (Å²) in [7, 11) is 0. The van der Waals surface area contributed by atoms with Crippen molar-refractivity contribution in [2.45, 2.75) is 18.4 Å². The number of hydrogen-bond acceptors (Lipinski definition) is 3. The van der Waals surface area contributed by atoms with Gasteiger partial charge in [-0.3, -0.25) is 0 Å². The monoisotopic (exact) mass is 156 g/mol. The molecule has 2 aliphatic rings. The van der Waals surface area contributed by atoms with E-state index < -0.39 is 5.60 Å². The highest BCUT2D eigenvalue weighted by atomic mass is 16.3. The van der Waals surface area contributed by atoms with Gasteiger partial charge in [0.05, 0.1) is 5.60 Å². The summed E-state index contributed by atoms with van der Waals surface area (Å²) in [5.41, 5.74) is 4.99. The molecule has 0 aromatic heterocycles. The molecule has 3 N–H and O–H groups in total. The maximum absolute atomic E-state index is 10.0. The van der Waals surface area contributed by atoms with E-state index in [4.69, 9.17) is 5.73 Å². The first-order valence-corrected chi connectivity index (χ1v) is 4.39. The van der Waals surface area contributed by atoms with Crippen molar-refractivity contribution in [1.29, 1.82) is 0 Å². The molecular weight excluding hydrogens is 140 g/mol. The zero-order valence-electron chi connectivity index (χ0n) is 6.79. The van der Waals surface area contributed by atoms with E-state index in [1.165, 1.54) is 6.42 Å². The Morgan fingerprint density at radius 1 is 1.64 bits per heavy atom. The minimum atomic E-state index is -0.559. The summed E-state index contributed by atoms with van der Waals surface area (Å²) >= 11 is 0. The Kier molecular flexibility index (Phi) is 1.67. The lowest BCUT2D eigenvalue weighted by Crippen LogP contribution is -2.44. The van der Waals surface area contributed by atoms with Crippen LogP contribution in [0, 0.1) is 5.92 Å². The van der Waals surface area contributed by atoms with Crippen LogP contribution in [0.15, 0.2) is 0 Å². The van der Waals surface area contributed by atoms with Crippen LogP contribution in [-0.4, -0.2) is 41.8 Å². The van der Waals surface area contributed by atoms with Gasteiger partial charge >= 0.3 is 0 Å². The zero-order valence-corrected chi connectivity index (χ0v) is 6.79. The predicted octanol–water partition coefficient (Wildman–Crippen LogP) is -0.598. The largest absolute Gasteiger partial charge is 0.387 e. The van der Waals surface area contributed by atoms with E-state index in [9.17, 15) is 5.11 Å². The lowest BCUT2D eigenvalue weighted by atomic mass is 9.87. The molecule has 2 heterocycles. The van der Waals surface area contributed by atoms with Crippen molar-refractivity contribution in [1.82, 2.24) is 4.90 Å². The van der Waals surface area contributed by atoms with Crippen molar-refractivity contribution in [2.75, 3.05) is 26.2 Å². The summed E-state index contributed by atoms with van der Waals surface area (Å²) in [5, 5.41) is 10.0. The quantitative estimate of drug-likeness (QED) is 0.533. The van der Waals surface area contributed by atoms with E-state index in [0.29, 0.717) is 12.5 Å². The molecule has 11 heavy (non-hydrogen) atoms. The second-order valence-corrected chi connectivity index (χ2v) is 3.88. The number of nitrogens with zero attached hydrogens (tertiary/aromatic N) is 1. The minimum absolute atomic E-state index is 0.425. The van der Waals surface area contributed by atoms with Gasteiger partial charge in [0.2, 0.25) is 0 Å². The molecule has 0 radical (unpaired) electrons. The van der Waals surface area contributed by atoms with Crippen molar-refractivity contribution in [3.05, 3.63) is 0 Å². The molecule has 0 aromatic carbocycles. The molecule has 64 valence electrons. The number of nitrogens with two attached hydrogens (primary N) is 1. The summed E-state index contributed by atoms with van der Waals surface area (Å²) in [5.74, 6) is 0.446. The fourth-order valence-corrected chi connectivity index (χ4v) is 2.39. The Hall–Kier alpha value is -0.120. The van der Waals surface area contributed by atoms with Crippen molar-refractivity contribution >= 4 is 0 Å². The van der Waals surface area contributed by atoms with Gasteiger partial charge in [-0.1, -0.05) is 0 Å². The third-order valence-electron chi connectivity index (χ3n) is 3.12. The van der Waals surface area contributed by atoms with Gasteiger partial charge < -0.3 is 15.7 Å². The fourth-order valence-electron chi connectivity index (χ4n) is 2.39. The standard InChI is InChI=1S/C8H16N2O/c9-5-8(11)6-10-3-1-2-7(8)4-10/h7,11H,1-6,9H2. The van der Waals surface area contributed by atoms with Crippen LogP contribution in [0.2, 0.25) is 0 Å². The normalized spacial score (nSPS) is 49.6. The number of piperidine rings is 1. The smallest absolute Gasteiger partial charge is 0.0935 e. The predicted molar refractivity (Wildman–Crippen MR) is 43.2 cm³/mol. The molecule has 2 aliphatic heterocycles. The van der Waals surface area contributed by atoms with Gasteiger partial charge in [-0.15, -0.1) is 0 Å². The van der Waals surface area contributed by atoms with Gasteiger partial charge in [0, 0.05) is 25.6 Å². The molecule has 2 rings (SSSR count). The van der Waals surface area contributed by atoms with Crippen molar-refractivity contribution in [2.24, 2.45) is 11.7 Å². The average molecular weight is 156 g/mol.